The van der Waals surface area contributed by atoms with Crippen LogP contribution in [-0.4, -0.2) is 21.2 Å². The predicted octanol–water partition coefficient (Wildman–Crippen LogP) is 3.17. The standard InChI is InChI=1S/C13H15ClN4S/c1-8-16-13(18-17-8)19-11-5-2-9(12(14)6-11)7-15-10-3-4-10/h2,5-6,10,15H,3-4,7H2,1H3,(H,16,17,18). The second kappa shape index (κ2) is 5.53. The van der Waals surface area contributed by atoms with E-state index < -0.39 is 0 Å². The van der Waals surface area contributed by atoms with E-state index >= 15 is 0 Å². The van der Waals surface area contributed by atoms with Crippen molar-refractivity contribution in [3.63, 3.8) is 0 Å². The number of hydrogen-bond donors (Lipinski definition) is 2. The Morgan fingerprint density at radius 3 is 2.95 bits per heavy atom. The lowest BCUT2D eigenvalue weighted by atomic mass is 10.2. The van der Waals surface area contributed by atoms with Crippen LogP contribution in [0.1, 0.15) is 24.2 Å². The molecule has 0 spiro atoms. The molecule has 0 aliphatic heterocycles. The van der Waals surface area contributed by atoms with Gasteiger partial charge in [0.1, 0.15) is 5.82 Å². The number of halogens is 1. The van der Waals surface area contributed by atoms with E-state index in [4.69, 9.17) is 11.6 Å². The molecule has 0 bridgehead atoms. The number of nitrogens with zero attached hydrogens (tertiary/aromatic N) is 2. The average molecular weight is 295 g/mol. The third-order valence-corrected chi connectivity index (χ3v) is 4.18. The van der Waals surface area contributed by atoms with E-state index in [9.17, 15) is 0 Å². The summed E-state index contributed by atoms with van der Waals surface area (Å²) in [6.45, 7) is 2.73. The largest absolute Gasteiger partial charge is 0.310 e. The Morgan fingerprint density at radius 2 is 2.32 bits per heavy atom. The van der Waals surface area contributed by atoms with Crippen molar-refractivity contribution in [3.05, 3.63) is 34.6 Å². The molecule has 1 aromatic heterocycles. The van der Waals surface area contributed by atoms with Gasteiger partial charge in [-0.3, -0.25) is 5.10 Å². The van der Waals surface area contributed by atoms with Gasteiger partial charge in [-0.1, -0.05) is 17.7 Å². The Kier molecular flexibility index (Phi) is 3.77. The van der Waals surface area contributed by atoms with Crippen LogP contribution < -0.4 is 5.32 Å². The first-order valence-corrected chi connectivity index (χ1v) is 7.49. The number of rotatable bonds is 5. The van der Waals surface area contributed by atoms with E-state index in [1.165, 1.54) is 24.6 Å². The lowest BCUT2D eigenvalue weighted by molar-refractivity contribution is 0.687. The lowest BCUT2D eigenvalue weighted by Gasteiger charge is -2.07. The maximum absolute atomic E-state index is 6.30. The van der Waals surface area contributed by atoms with Crippen LogP contribution >= 0.6 is 23.4 Å². The first kappa shape index (κ1) is 13.0. The zero-order chi connectivity index (χ0) is 13.2. The predicted molar refractivity (Wildman–Crippen MR) is 76.6 cm³/mol. The maximum atomic E-state index is 6.30. The fraction of sp³-hybridized carbons (Fsp3) is 0.385. The van der Waals surface area contributed by atoms with E-state index in [0.717, 1.165) is 33.0 Å². The summed E-state index contributed by atoms with van der Waals surface area (Å²) in [6, 6.07) is 6.80. The van der Waals surface area contributed by atoms with Gasteiger partial charge in [-0.05, 0) is 49.2 Å². The van der Waals surface area contributed by atoms with Crippen molar-refractivity contribution in [2.45, 2.75) is 42.4 Å². The Labute approximate surface area is 121 Å². The second-order valence-electron chi connectivity index (χ2n) is 4.71. The zero-order valence-corrected chi connectivity index (χ0v) is 12.2. The summed E-state index contributed by atoms with van der Waals surface area (Å²) in [4.78, 5) is 5.32. The summed E-state index contributed by atoms with van der Waals surface area (Å²) >= 11 is 7.81. The molecular weight excluding hydrogens is 280 g/mol. The van der Waals surface area contributed by atoms with Crippen LogP contribution in [0, 0.1) is 6.92 Å². The van der Waals surface area contributed by atoms with Crippen molar-refractivity contribution in [3.8, 4) is 0 Å². The summed E-state index contributed by atoms with van der Waals surface area (Å²) in [5.41, 5.74) is 1.14. The SMILES string of the molecule is Cc1nc(Sc2ccc(CNC3CC3)c(Cl)c2)n[nH]1. The van der Waals surface area contributed by atoms with Crippen LogP contribution in [0.5, 0.6) is 0 Å². The first-order chi connectivity index (χ1) is 9.20. The van der Waals surface area contributed by atoms with Crippen molar-refractivity contribution < 1.29 is 0 Å². The van der Waals surface area contributed by atoms with E-state index in [0.29, 0.717) is 6.04 Å². The monoisotopic (exact) mass is 294 g/mol. The molecule has 4 nitrogen and oxygen atoms in total. The third kappa shape index (κ3) is 3.49. The fourth-order valence-corrected chi connectivity index (χ4v) is 2.86. The third-order valence-electron chi connectivity index (χ3n) is 2.97. The summed E-state index contributed by atoms with van der Waals surface area (Å²) in [5, 5.41) is 11.9. The molecule has 0 atom stereocenters. The van der Waals surface area contributed by atoms with Crippen LogP contribution in [0.4, 0.5) is 0 Å². The molecule has 0 amide bonds. The summed E-state index contributed by atoms with van der Waals surface area (Å²) in [5.74, 6) is 0.818. The smallest absolute Gasteiger partial charge is 0.213 e. The Balaban J connectivity index is 1.67. The zero-order valence-electron chi connectivity index (χ0n) is 10.6. The minimum atomic E-state index is 0.696. The van der Waals surface area contributed by atoms with Crippen LogP contribution in [0.2, 0.25) is 5.02 Å². The Bertz CT molecular complexity index is 580. The highest BCUT2D eigenvalue weighted by molar-refractivity contribution is 7.99. The van der Waals surface area contributed by atoms with Gasteiger partial charge in [-0.15, -0.1) is 5.10 Å². The molecule has 0 unspecified atom stereocenters. The molecule has 1 saturated carbocycles. The molecule has 0 radical (unpaired) electrons. The number of hydrogen-bond acceptors (Lipinski definition) is 4. The molecular formula is C13H15ClN4S. The summed E-state index contributed by atoms with van der Waals surface area (Å²) in [7, 11) is 0. The van der Waals surface area contributed by atoms with Crippen molar-refractivity contribution in [2.75, 3.05) is 0 Å². The van der Waals surface area contributed by atoms with E-state index in [1.807, 2.05) is 13.0 Å². The van der Waals surface area contributed by atoms with Gasteiger partial charge in [0.2, 0.25) is 5.16 Å². The number of benzene rings is 1. The highest BCUT2D eigenvalue weighted by atomic mass is 35.5. The molecule has 2 N–H and O–H groups in total. The number of aromatic nitrogens is 3. The molecule has 2 aromatic rings. The Hall–Kier alpha value is -1.04. The summed E-state index contributed by atoms with van der Waals surface area (Å²) < 4.78 is 0. The van der Waals surface area contributed by atoms with Gasteiger partial charge in [0.15, 0.2) is 0 Å². The molecule has 6 heteroatoms. The van der Waals surface area contributed by atoms with E-state index in [-0.39, 0.29) is 0 Å². The minimum Gasteiger partial charge on any atom is -0.310 e. The summed E-state index contributed by atoms with van der Waals surface area (Å²) in [6.07, 6.45) is 2.57. The molecule has 100 valence electrons. The quantitative estimate of drug-likeness (QED) is 0.889. The molecule has 3 rings (SSSR count). The van der Waals surface area contributed by atoms with Crippen LogP contribution in [-0.2, 0) is 6.54 Å². The van der Waals surface area contributed by atoms with Gasteiger partial charge in [0, 0.05) is 22.5 Å². The van der Waals surface area contributed by atoms with E-state index in [2.05, 4.69) is 32.6 Å². The molecule has 1 aromatic carbocycles. The van der Waals surface area contributed by atoms with Gasteiger partial charge in [0.05, 0.1) is 0 Å². The fourth-order valence-electron chi connectivity index (χ4n) is 1.75. The van der Waals surface area contributed by atoms with Crippen molar-refractivity contribution in [2.24, 2.45) is 0 Å². The van der Waals surface area contributed by atoms with Crippen LogP contribution in [0.15, 0.2) is 28.3 Å². The highest BCUT2D eigenvalue weighted by Crippen LogP contribution is 2.29. The second-order valence-corrected chi connectivity index (χ2v) is 6.16. The molecule has 1 heterocycles. The maximum Gasteiger partial charge on any atom is 0.213 e. The molecule has 0 saturated heterocycles. The molecule has 19 heavy (non-hydrogen) atoms. The number of H-pyrrole nitrogens is 1. The minimum absolute atomic E-state index is 0.696. The molecule has 1 aliphatic carbocycles. The average Bonchev–Trinajstić information content (AvgIpc) is 3.12. The molecule has 1 aliphatic rings. The van der Waals surface area contributed by atoms with E-state index in [1.54, 1.807) is 0 Å². The van der Waals surface area contributed by atoms with Gasteiger partial charge in [-0.25, -0.2) is 4.98 Å². The number of aryl methyl sites for hydroxylation is 1. The highest BCUT2D eigenvalue weighted by Gasteiger charge is 2.20. The van der Waals surface area contributed by atoms with Crippen LogP contribution in [0.25, 0.3) is 0 Å². The number of nitrogens with one attached hydrogen (secondary N) is 2. The van der Waals surface area contributed by atoms with Gasteiger partial charge in [-0.2, -0.15) is 0 Å². The van der Waals surface area contributed by atoms with Crippen LogP contribution in [0.3, 0.4) is 0 Å². The van der Waals surface area contributed by atoms with Gasteiger partial charge >= 0.3 is 0 Å². The van der Waals surface area contributed by atoms with Gasteiger partial charge in [0.25, 0.3) is 0 Å². The topological polar surface area (TPSA) is 53.6 Å². The molecule has 1 fully saturated rings. The first-order valence-electron chi connectivity index (χ1n) is 6.29. The number of aromatic amines is 1. The lowest BCUT2D eigenvalue weighted by Crippen LogP contribution is -2.15. The van der Waals surface area contributed by atoms with Crippen molar-refractivity contribution in [1.82, 2.24) is 20.5 Å². The Morgan fingerprint density at radius 1 is 1.47 bits per heavy atom. The normalized spacial score (nSPS) is 14.8. The van der Waals surface area contributed by atoms with Gasteiger partial charge < -0.3 is 5.32 Å². The van der Waals surface area contributed by atoms with Crippen molar-refractivity contribution >= 4 is 23.4 Å². The van der Waals surface area contributed by atoms with Crippen molar-refractivity contribution in [1.29, 1.82) is 0 Å².